The molecule has 1 fully saturated rings. The highest BCUT2D eigenvalue weighted by atomic mass is 79.9. The molecule has 0 bridgehead atoms. The van der Waals surface area contributed by atoms with E-state index >= 15 is 0 Å². The Balaban J connectivity index is 1.75. The van der Waals surface area contributed by atoms with E-state index in [1.54, 1.807) is 6.33 Å². The highest BCUT2D eigenvalue weighted by Gasteiger charge is 2.22. The van der Waals surface area contributed by atoms with Crippen molar-refractivity contribution in [3.05, 3.63) is 18.1 Å². The van der Waals surface area contributed by atoms with Gasteiger partial charge in [0.2, 0.25) is 0 Å². The fraction of sp³-hybridized carbons (Fsp3) is 0.615. The van der Waals surface area contributed by atoms with Gasteiger partial charge in [0, 0.05) is 30.2 Å². The lowest BCUT2D eigenvalue weighted by Gasteiger charge is -2.33. The van der Waals surface area contributed by atoms with Crippen LogP contribution in [0.4, 0.5) is 5.82 Å². The van der Waals surface area contributed by atoms with Crippen LogP contribution in [-0.2, 0) is 4.74 Å². The summed E-state index contributed by atoms with van der Waals surface area (Å²) in [6.07, 6.45) is 4.02. The van der Waals surface area contributed by atoms with Crippen LogP contribution in [-0.4, -0.2) is 50.7 Å². The van der Waals surface area contributed by atoms with E-state index in [2.05, 4.69) is 42.0 Å². The number of piperidine rings is 1. The number of rotatable bonds is 4. The van der Waals surface area contributed by atoms with Gasteiger partial charge in [0.25, 0.3) is 5.78 Å². The van der Waals surface area contributed by atoms with E-state index < -0.39 is 0 Å². The third-order valence-corrected chi connectivity index (χ3v) is 3.88. The maximum atomic E-state index is 5.79. The second-order valence-corrected chi connectivity index (χ2v) is 5.77. The SMILES string of the molecule is Cc1cc(N2CCC(OCCBr)CC2)n2ncnc2n1. The summed E-state index contributed by atoms with van der Waals surface area (Å²) >= 11 is 3.39. The number of halogens is 1. The van der Waals surface area contributed by atoms with E-state index in [1.807, 2.05) is 11.4 Å². The quantitative estimate of drug-likeness (QED) is 0.795. The van der Waals surface area contributed by atoms with Crippen LogP contribution in [0.15, 0.2) is 12.4 Å². The Morgan fingerprint density at radius 3 is 2.95 bits per heavy atom. The lowest BCUT2D eigenvalue weighted by atomic mass is 10.1. The minimum Gasteiger partial charge on any atom is -0.377 e. The average Bonchev–Trinajstić information content (AvgIpc) is 2.93. The number of aryl methyl sites for hydroxylation is 1. The van der Waals surface area contributed by atoms with Gasteiger partial charge in [-0.25, -0.2) is 4.98 Å². The van der Waals surface area contributed by atoms with Crippen LogP contribution in [0.3, 0.4) is 0 Å². The maximum absolute atomic E-state index is 5.79. The fourth-order valence-electron chi connectivity index (χ4n) is 2.60. The first kappa shape index (κ1) is 13.8. The molecule has 7 heteroatoms. The lowest BCUT2D eigenvalue weighted by molar-refractivity contribution is 0.0479. The monoisotopic (exact) mass is 339 g/mol. The second-order valence-electron chi connectivity index (χ2n) is 4.97. The second kappa shape index (κ2) is 6.05. The first-order valence-electron chi connectivity index (χ1n) is 6.88. The molecule has 0 spiro atoms. The molecule has 0 N–H and O–H groups in total. The summed E-state index contributed by atoms with van der Waals surface area (Å²) in [5.41, 5.74) is 0.971. The topological polar surface area (TPSA) is 55.6 Å². The van der Waals surface area contributed by atoms with Gasteiger partial charge >= 0.3 is 0 Å². The molecule has 1 aliphatic heterocycles. The van der Waals surface area contributed by atoms with E-state index in [9.17, 15) is 0 Å². The zero-order chi connectivity index (χ0) is 13.9. The standard InChI is InChI=1S/C13H18BrN5O/c1-10-8-12(19-13(17-10)15-9-16-19)18-5-2-11(3-6-18)20-7-4-14/h8-9,11H,2-7H2,1H3. The molecule has 6 nitrogen and oxygen atoms in total. The Morgan fingerprint density at radius 2 is 2.20 bits per heavy atom. The number of fused-ring (bicyclic) bond motifs is 1. The number of ether oxygens (including phenoxy) is 1. The molecule has 0 amide bonds. The van der Waals surface area contributed by atoms with E-state index in [0.717, 1.165) is 49.4 Å². The summed E-state index contributed by atoms with van der Waals surface area (Å²) in [6, 6.07) is 2.07. The van der Waals surface area contributed by atoms with E-state index in [4.69, 9.17) is 4.74 Å². The predicted molar refractivity (Wildman–Crippen MR) is 80.5 cm³/mol. The van der Waals surface area contributed by atoms with Crippen molar-refractivity contribution in [2.75, 3.05) is 29.9 Å². The van der Waals surface area contributed by atoms with Gasteiger partial charge in [-0.05, 0) is 19.8 Å². The molecule has 0 unspecified atom stereocenters. The van der Waals surface area contributed by atoms with Crippen molar-refractivity contribution >= 4 is 27.5 Å². The fourth-order valence-corrected chi connectivity index (χ4v) is 2.79. The summed E-state index contributed by atoms with van der Waals surface area (Å²) in [5.74, 6) is 1.74. The number of nitrogens with zero attached hydrogens (tertiary/aromatic N) is 5. The highest BCUT2D eigenvalue weighted by molar-refractivity contribution is 9.09. The van der Waals surface area contributed by atoms with Crippen LogP contribution in [0.1, 0.15) is 18.5 Å². The van der Waals surface area contributed by atoms with Gasteiger partial charge in [0.15, 0.2) is 0 Å². The Morgan fingerprint density at radius 1 is 1.40 bits per heavy atom. The van der Waals surface area contributed by atoms with Crippen molar-refractivity contribution in [2.24, 2.45) is 0 Å². The normalized spacial score (nSPS) is 17.0. The molecule has 2 aromatic heterocycles. The van der Waals surface area contributed by atoms with Gasteiger partial charge in [0.05, 0.1) is 12.7 Å². The molecule has 1 aliphatic rings. The van der Waals surface area contributed by atoms with Crippen molar-refractivity contribution in [3.63, 3.8) is 0 Å². The summed E-state index contributed by atoms with van der Waals surface area (Å²) in [7, 11) is 0. The van der Waals surface area contributed by atoms with Gasteiger partial charge in [-0.1, -0.05) is 15.9 Å². The van der Waals surface area contributed by atoms with Crippen molar-refractivity contribution < 1.29 is 4.74 Å². The summed E-state index contributed by atoms with van der Waals surface area (Å²) in [4.78, 5) is 10.9. The van der Waals surface area contributed by atoms with Crippen molar-refractivity contribution in [3.8, 4) is 0 Å². The minimum absolute atomic E-state index is 0.373. The molecule has 1 saturated heterocycles. The molecule has 0 atom stereocenters. The van der Waals surface area contributed by atoms with Gasteiger partial charge < -0.3 is 9.64 Å². The van der Waals surface area contributed by atoms with Crippen LogP contribution in [0.2, 0.25) is 0 Å². The van der Waals surface area contributed by atoms with Gasteiger partial charge in [0.1, 0.15) is 12.1 Å². The summed E-state index contributed by atoms with van der Waals surface area (Å²) in [6.45, 7) is 4.73. The van der Waals surface area contributed by atoms with Gasteiger partial charge in [-0.15, -0.1) is 0 Å². The van der Waals surface area contributed by atoms with Crippen LogP contribution in [0.25, 0.3) is 5.78 Å². The molecule has 3 rings (SSSR count). The largest absolute Gasteiger partial charge is 0.377 e. The highest BCUT2D eigenvalue weighted by Crippen LogP contribution is 2.22. The molecule has 20 heavy (non-hydrogen) atoms. The zero-order valence-electron chi connectivity index (χ0n) is 11.5. The average molecular weight is 340 g/mol. The molecule has 0 radical (unpaired) electrons. The van der Waals surface area contributed by atoms with Crippen LogP contribution >= 0.6 is 15.9 Å². The Kier molecular flexibility index (Phi) is 4.16. The number of anilines is 1. The number of aromatic nitrogens is 4. The van der Waals surface area contributed by atoms with Crippen molar-refractivity contribution in [1.82, 2.24) is 19.6 Å². The molecule has 108 valence electrons. The Hall–Kier alpha value is -1.21. The minimum atomic E-state index is 0.373. The van der Waals surface area contributed by atoms with Gasteiger partial charge in [-0.3, -0.25) is 0 Å². The molecule has 0 aromatic carbocycles. The van der Waals surface area contributed by atoms with E-state index in [0.29, 0.717) is 11.9 Å². The third-order valence-electron chi connectivity index (χ3n) is 3.56. The Bertz CT molecular complexity index is 579. The summed E-state index contributed by atoms with van der Waals surface area (Å²) < 4.78 is 7.60. The smallest absolute Gasteiger partial charge is 0.254 e. The first-order valence-corrected chi connectivity index (χ1v) is 8.00. The molecule has 0 saturated carbocycles. The van der Waals surface area contributed by atoms with Gasteiger partial charge in [-0.2, -0.15) is 14.6 Å². The van der Waals surface area contributed by atoms with Crippen LogP contribution < -0.4 is 4.90 Å². The summed E-state index contributed by atoms with van der Waals surface area (Å²) in [5, 5.41) is 5.17. The number of hydrogen-bond acceptors (Lipinski definition) is 5. The number of alkyl halides is 1. The van der Waals surface area contributed by atoms with Crippen LogP contribution in [0.5, 0.6) is 0 Å². The Labute approximate surface area is 126 Å². The van der Waals surface area contributed by atoms with E-state index in [-0.39, 0.29) is 0 Å². The first-order chi connectivity index (χ1) is 9.78. The molecule has 3 heterocycles. The van der Waals surface area contributed by atoms with E-state index in [1.165, 1.54) is 0 Å². The third kappa shape index (κ3) is 2.78. The predicted octanol–water partition coefficient (Wildman–Crippen LogP) is 1.81. The molecule has 2 aromatic rings. The lowest BCUT2D eigenvalue weighted by Crippen LogP contribution is -2.38. The number of hydrogen-bond donors (Lipinski definition) is 0. The van der Waals surface area contributed by atoms with Crippen LogP contribution in [0, 0.1) is 6.92 Å². The molecule has 0 aliphatic carbocycles. The zero-order valence-corrected chi connectivity index (χ0v) is 13.1. The molecular formula is C13H18BrN5O. The maximum Gasteiger partial charge on any atom is 0.254 e. The van der Waals surface area contributed by atoms with Crippen molar-refractivity contribution in [2.45, 2.75) is 25.9 Å². The van der Waals surface area contributed by atoms with Crippen molar-refractivity contribution in [1.29, 1.82) is 0 Å². The molecular weight excluding hydrogens is 322 g/mol.